The lowest BCUT2D eigenvalue weighted by Crippen LogP contribution is -2.27. The summed E-state index contributed by atoms with van der Waals surface area (Å²) in [5.41, 5.74) is 1.27. The van der Waals surface area contributed by atoms with E-state index in [1.54, 1.807) is 45.1 Å². The maximum absolute atomic E-state index is 12.9. The van der Waals surface area contributed by atoms with Crippen molar-refractivity contribution in [3.05, 3.63) is 75.6 Å². The van der Waals surface area contributed by atoms with Gasteiger partial charge in [0.2, 0.25) is 6.41 Å². The number of methoxy groups -OCH3 is 2. The Balaban J connectivity index is 0.000000440. The van der Waals surface area contributed by atoms with Crippen molar-refractivity contribution in [3.63, 3.8) is 0 Å². The number of aromatic nitrogens is 3. The largest absolute Gasteiger partial charge is 0.383 e. The highest BCUT2D eigenvalue weighted by Crippen LogP contribution is 2.15. The number of carbonyl (C=O) groups excluding carboxylic acids is 1. The van der Waals surface area contributed by atoms with E-state index < -0.39 is 0 Å². The number of ether oxygens (including phenoxy) is 2. The zero-order chi connectivity index (χ0) is 25.7. The molecule has 0 aliphatic carbocycles. The maximum atomic E-state index is 12.9. The van der Waals surface area contributed by atoms with Crippen molar-refractivity contribution in [2.75, 3.05) is 42.4 Å². The predicted molar refractivity (Wildman–Crippen MR) is 136 cm³/mol. The Bertz CT molecular complexity index is 1090. The van der Waals surface area contributed by atoms with Crippen LogP contribution < -0.4 is 5.56 Å². The molecule has 0 atom stereocenters. The Morgan fingerprint density at radius 1 is 1.06 bits per heavy atom. The Kier molecular flexibility index (Phi) is 12.7. The second kappa shape index (κ2) is 14.9. The number of carbonyl (C=O) groups is 1. The number of halogens is 1. The fourth-order valence-corrected chi connectivity index (χ4v) is 2.66. The molecule has 0 N–H and O–H groups in total. The quantitative estimate of drug-likeness (QED) is 0.373. The molecule has 186 valence electrons. The van der Waals surface area contributed by atoms with Crippen LogP contribution in [0.25, 0.3) is 11.6 Å². The van der Waals surface area contributed by atoms with E-state index in [1.807, 2.05) is 68.5 Å². The van der Waals surface area contributed by atoms with Gasteiger partial charge in [-0.15, -0.1) is 5.10 Å². The molecule has 0 unspecified atom stereocenters. The molecule has 0 fully saturated rings. The van der Waals surface area contributed by atoms with E-state index in [2.05, 4.69) is 14.6 Å². The van der Waals surface area contributed by atoms with Gasteiger partial charge in [-0.3, -0.25) is 14.2 Å². The Hall–Kier alpha value is -3.14. The Morgan fingerprint density at radius 3 is 2.12 bits per heavy atom. The summed E-state index contributed by atoms with van der Waals surface area (Å²) in [6.45, 7) is 2.28. The van der Waals surface area contributed by atoms with Gasteiger partial charge in [-0.1, -0.05) is 41.9 Å². The highest BCUT2D eigenvalue weighted by molar-refractivity contribution is 6.33. The van der Waals surface area contributed by atoms with Gasteiger partial charge in [-0.2, -0.15) is 0 Å². The van der Waals surface area contributed by atoms with Crippen LogP contribution in [0.3, 0.4) is 0 Å². The van der Waals surface area contributed by atoms with Gasteiger partial charge in [-0.05, 0) is 24.6 Å². The first-order valence-electron chi connectivity index (χ1n) is 10.5. The van der Waals surface area contributed by atoms with Crippen LogP contribution in [0.15, 0.2) is 53.6 Å². The second-order valence-corrected chi connectivity index (χ2v) is 7.99. The van der Waals surface area contributed by atoms with E-state index in [9.17, 15) is 9.59 Å². The molecule has 2 heterocycles. The Labute approximate surface area is 205 Å². The standard InChI is InChI=1S/C17H17ClN4O.C4H10O2.C3H7NO/c1-20(2)10-9-15-19-22-11-8-14(18)16(22)17(23)21(15)12-13-6-4-3-5-7-13;1-4(5-2)6-3;1-4(2)3-5/h3-11H,12H2,1-2H3;4H,1-3H3;3H,1-2H3/b10-9+;;. The molecule has 9 nitrogen and oxygen atoms in total. The van der Waals surface area contributed by atoms with Crippen molar-refractivity contribution in [2.45, 2.75) is 19.8 Å². The maximum Gasteiger partial charge on any atom is 0.280 e. The normalized spacial score (nSPS) is 10.5. The van der Waals surface area contributed by atoms with Crippen molar-refractivity contribution in [1.29, 1.82) is 0 Å². The highest BCUT2D eigenvalue weighted by atomic mass is 35.5. The van der Waals surface area contributed by atoms with Crippen LogP contribution in [0.1, 0.15) is 18.3 Å². The molecule has 34 heavy (non-hydrogen) atoms. The lowest BCUT2D eigenvalue weighted by atomic mass is 10.2. The van der Waals surface area contributed by atoms with Crippen molar-refractivity contribution in [1.82, 2.24) is 24.0 Å². The minimum absolute atomic E-state index is 0.0648. The lowest BCUT2D eigenvalue weighted by Gasteiger charge is -2.11. The number of benzene rings is 1. The molecule has 1 aromatic carbocycles. The molecule has 0 spiro atoms. The van der Waals surface area contributed by atoms with E-state index in [0.29, 0.717) is 22.9 Å². The first kappa shape index (κ1) is 28.9. The fourth-order valence-electron chi connectivity index (χ4n) is 2.43. The molecule has 0 aliphatic rings. The zero-order valence-corrected chi connectivity index (χ0v) is 21.6. The van der Waals surface area contributed by atoms with Gasteiger partial charge in [-0.25, -0.2) is 4.52 Å². The van der Waals surface area contributed by atoms with Gasteiger partial charge < -0.3 is 19.3 Å². The van der Waals surface area contributed by atoms with Gasteiger partial charge in [0, 0.05) is 54.8 Å². The summed E-state index contributed by atoms with van der Waals surface area (Å²) in [6, 6.07) is 11.5. The minimum Gasteiger partial charge on any atom is -0.383 e. The molecule has 2 aromatic heterocycles. The average Bonchev–Trinajstić information content (AvgIpc) is 3.21. The van der Waals surface area contributed by atoms with Gasteiger partial charge in [0.05, 0.1) is 11.6 Å². The van der Waals surface area contributed by atoms with Crippen molar-refractivity contribution >= 4 is 29.6 Å². The minimum atomic E-state index is -0.155. The predicted octanol–water partition coefficient (Wildman–Crippen LogP) is 3.06. The summed E-state index contributed by atoms with van der Waals surface area (Å²) >= 11 is 6.13. The van der Waals surface area contributed by atoms with Crippen molar-refractivity contribution < 1.29 is 14.3 Å². The van der Waals surface area contributed by atoms with Gasteiger partial charge in [0.15, 0.2) is 12.1 Å². The van der Waals surface area contributed by atoms with E-state index in [-0.39, 0.29) is 11.8 Å². The van der Waals surface area contributed by atoms with E-state index in [4.69, 9.17) is 11.6 Å². The number of rotatable bonds is 7. The summed E-state index contributed by atoms with van der Waals surface area (Å²) in [7, 11) is 10.4. The van der Waals surface area contributed by atoms with Gasteiger partial charge >= 0.3 is 0 Å². The number of fused-ring (bicyclic) bond motifs is 1. The van der Waals surface area contributed by atoms with Crippen LogP contribution in [-0.2, 0) is 20.8 Å². The molecule has 0 saturated carbocycles. The molecule has 0 aliphatic heterocycles. The summed E-state index contributed by atoms with van der Waals surface area (Å²) in [4.78, 5) is 25.6. The molecule has 1 amide bonds. The second-order valence-electron chi connectivity index (χ2n) is 7.58. The molecule has 3 rings (SSSR count). The number of nitrogens with zero attached hydrogens (tertiary/aromatic N) is 5. The highest BCUT2D eigenvalue weighted by Gasteiger charge is 2.13. The zero-order valence-electron chi connectivity index (χ0n) is 20.8. The molecule has 0 radical (unpaired) electrons. The van der Waals surface area contributed by atoms with Crippen LogP contribution in [0.2, 0.25) is 5.02 Å². The van der Waals surface area contributed by atoms with Crippen LogP contribution in [0.4, 0.5) is 0 Å². The monoisotopic (exact) mass is 491 g/mol. The smallest absolute Gasteiger partial charge is 0.280 e. The van der Waals surface area contributed by atoms with E-state index in [1.165, 1.54) is 9.42 Å². The first-order chi connectivity index (χ1) is 16.1. The van der Waals surface area contributed by atoms with Crippen LogP contribution in [0, 0.1) is 0 Å². The Morgan fingerprint density at radius 2 is 1.65 bits per heavy atom. The van der Waals surface area contributed by atoms with Crippen molar-refractivity contribution in [2.24, 2.45) is 0 Å². The summed E-state index contributed by atoms with van der Waals surface area (Å²) in [5.74, 6) is 0.576. The van der Waals surface area contributed by atoms with Gasteiger partial charge in [0.25, 0.3) is 5.56 Å². The molecule has 10 heteroatoms. The summed E-state index contributed by atoms with van der Waals surface area (Å²) in [5, 5.41) is 4.92. The fraction of sp³-hybridized carbons (Fsp3) is 0.375. The number of hydrogen-bond acceptors (Lipinski definition) is 6. The molecular weight excluding hydrogens is 458 g/mol. The van der Waals surface area contributed by atoms with Crippen LogP contribution >= 0.6 is 11.6 Å². The first-order valence-corrected chi connectivity index (χ1v) is 10.9. The third-order valence-electron chi connectivity index (χ3n) is 4.33. The third kappa shape index (κ3) is 9.38. The van der Waals surface area contributed by atoms with Gasteiger partial charge in [0.1, 0.15) is 5.52 Å². The number of hydrogen-bond donors (Lipinski definition) is 0. The topological polar surface area (TPSA) is 81.3 Å². The molecule has 0 bridgehead atoms. The lowest BCUT2D eigenvalue weighted by molar-refractivity contribution is -0.115. The summed E-state index contributed by atoms with van der Waals surface area (Å²) < 4.78 is 12.5. The SMILES string of the molecule is CN(C)/C=C/c1nn2ccc(Cl)c2c(=O)n1Cc1ccccc1.CN(C)C=O.COC(C)OC. The average molecular weight is 492 g/mol. The third-order valence-corrected chi connectivity index (χ3v) is 4.64. The van der Waals surface area contributed by atoms with E-state index >= 15 is 0 Å². The molecule has 3 aromatic rings. The molecular formula is C24H34ClN5O4. The number of amides is 1. The summed E-state index contributed by atoms with van der Waals surface area (Å²) in [6.07, 6.45) is 6.06. The van der Waals surface area contributed by atoms with Crippen molar-refractivity contribution in [3.8, 4) is 0 Å². The van der Waals surface area contributed by atoms with Crippen LogP contribution in [0.5, 0.6) is 0 Å². The van der Waals surface area contributed by atoms with Crippen LogP contribution in [-0.4, -0.2) is 79.1 Å². The van der Waals surface area contributed by atoms with E-state index in [0.717, 1.165) is 12.0 Å². The molecule has 0 saturated heterocycles.